The fraction of sp³-hybridized carbons (Fsp3) is 0.727. The molecule has 0 saturated carbocycles. The second-order valence-corrected chi connectivity index (χ2v) is 7.04. The first-order chi connectivity index (χ1) is 8.50. The topological polar surface area (TPSA) is 101 Å². The Balaban J connectivity index is 3.29. The van der Waals surface area contributed by atoms with Gasteiger partial charge in [-0.15, -0.1) is 0 Å². The average Bonchev–Trinajstić information content (AvgIpc) is 2.48. The van der Waals surface area contributed by atoms with Crippen molar-refractivity contribution in [3.05, 3.63) is 5.69 Å². The SMILES string of the molecule is CCN(CC(C)(C)O)S(=O)(=O)c1c(N)nn(C)c1C. The van der Waals surface area contributed by atoms with Gasteiger partial charge in [-0.25, -0.2) is 8.42 Å². The van der Waals surface area contributed by atoms with Gasteiger partial charge in [0.2, 0.25) is 10.0 Å². The number of likely N-dealkylation sites (N-methyl/N-ethyl adjacent to an activating group) is 1. The van der Waals surface area contributed by atoms with Crippen molar-refractivity contribution in [2.45, 2.75) is 38.2 Å². The highest BCUT2D eigenvalue weighted by molar-refractivity contribution is 7.89. The van der Waals surface area contributed by atoms with Crippen LogP contribution in [0.3, 0.4) is 0 Å². The van der Waals surface area contributed by atoms with Crippen LogP contribution in [0.1, 0.15) is 26.5 Å². The minimum Gasteiger partial charge on any atom is -0.389 e. The molecule has 0 unspecified atom stereocenters. The van der Waals surface area contributed by atoms with Crippen LogP contribution < -0.4 is 5.73 Å². The number of aliphatic hydroxyl groups is 1. The Hall–Kier alpha value is -1.12. The van der Waals surface area contributed by atoms with Crippen LogP contribution in [-0.2, 0) is 17.1 Å². The molecule has 1 aromatic rings. The second-order valence-electron chi connectivity index (χ2n) is 5.17. The lowest BCUT2D eigenvalue weighted by molar-refractivity contribution is 0.0601. The minimum atomic E-state index is -3.76. The van der Waals surface area contributed by atoms with Crippen molar-refractivity contribution in [3.63, 3.8) is 0 Å². The first kappa shape index (κ1) is 15.9. The third-order valence-electron chi connectivity index (χ3n) is 2.82. The highest BCUT2D eigenvalue weighted by atomic mass is 32.2. The van der Waals surface area contributed by atoms with Crippen molar-refractivity contribution in [1.82, 2.24) is 14.1 Å². The molecule has 3 N–H and O–H groups in total. The molecule has 0 atom stereocenters. The van der Waals surface area contributed by atoms with Gasteiger partial charge in [0.1, 0.15) is 4.90 Å². The summed E-state index contributed by atoms with van der Waals surface area (Å²) in [5, 5.41) is 13.7. The normalized spacial score (nSPS) is 13.2. The summed E-state index contributed by atoms with van der Waals surface area (Å²) < 4.78 is 27.8. The molecule has 8 heteroatoms. The van der Waals surface area contributed by atoms with Gasteiger partial charge in [0.25, 0.3) is 0 Å². The maximum absolute atomic E-state index is 12.6. The van der Waals surface area contributed by atoms with E-state index in [1.807, 2.05) is 0 Å². The van der Waals surface area contributed by atoms with Crippen LogP contribution in [0.15, 0.2) is 4.90 Å². The quantitative estimate of drug-likeness (QED) is 0.800. The minimum absolute atomic E-state index is 0.000389. The van der Waals surface area contributed by atoms with Gasteiger partial charge in [-0.3, -0.25) is 4.68 Å². The van der Waals surface area contributed by atoms with Gasteiger partial charge in [0.15, 0.2) is 5.82 Å². The smallest absolute Gasteiger partial charge is 0.248 e. The van der Waals surface area contributed by atoms with Crippen LogP contribution in [-0.4, -0.2) is 46.3 Å². The highest BCUT2D eigenvalue weighted by Crippen LogP contribution is 2.26. The highest BCUT2D eigenvalue weighted by Gasteiger charge is 2.33. The van der Waals surface area contributed by atoms with E-state index < -0.39 is 15.6 Å². The molecule has 19 heavy (non-hydrogen) atoms. The summed E-state index contributed by atoms with van der Waals surface area (Å²) in [5.41, 5.74) is 5.05. The molecule has 0 amide bonds. The van der Waals surface area contributed by atoms with Crippen molar-refractivity contribution in [2.75, 3.05) is 18.8 Å². The number of hydrogen-bond acceptors (Lipinski definition) is 5. The molecule has 0 aliphatic carbocycles. The number of hydrogen-bond donors (Lipinski definition) is 2. The number of rotatable bonds is 5. The number of nitrogens with zero attached hydrogens (tertiary/aromatic N) is 3. The zero-order valence-corrected chi connectivity index (χ0v) is 12.8. The first-order valence-electron chi connectivity index (χ1n) is 6.02. The zero-order valence-electron chi connectivity index (χ0n) is 12.0. The van der Waals surface area contributed by atoms with Crippen molar-refractivity contribution < 1.29 is 13.5 Å². The fourth-order valence-electron chi connectivity index (χ4n) is 1.86. The third kappa shape index (κ3) is 3.26. The monoisotopic (exact) mass is 290 g/mol. The average molecular weight is 290 g/mol. The van der Waals surface area contributed by atoms with E-state index in [0.717, 1.165) is 0 Å². The Morgan fingerprint density at radius 1 is 1.47 bits per heavy atom. The van der Waals surface area contributed by atoms with Gasteiger partial charge in [-0.1, -0.05) is 6.92 Å². The largest absolute Gasteiger partial charge is 0.389 e. The summed E-state index contributed by atoms with van der Waals surface area (Å²) >= 11 is 0. The van der Waals surface area contributed by atoms with Gasteiger partial charge in [-0.05, 0) is 20.8 Å². The summed E-state index contributed by atoms with van der Waals surface area (Å²) in [6, 6.07) is 0. The molecule has 1 rings (SSSR count). The van der Waals surface area contributed by atoms with Gasteiger partial charge in [0, 0.05) is 20.1 Å². The summed E-state index contributed by atoms with van der Waals surface area (Å²) in [4.78, 5) is 0.0149. The number of nitrogens with two attached hydrogens (primary N) is 1. The molecule has 0 radical (unpaired) electrons. The van der Waals surface area contributed by atoms with Crippen molar-refractivity contribution in [2.24, 2.45) is 7.05 Å². The Kier molecular flexibility index (Phi) is 4.28. The molecule has 0 bridgehead atoms. The fourth-order valence-corrected chi connectivity index (χ4v) is 3.76. The number of aryl methyl sites for hydroxylation is 1. The molecule has 1 aromatic heterocycles. The Bertz CT molecular complexity index is 557. The van der Waals surface area contributed by atoms with E-state index in [0.29, 0.717) is 5.69 Å². The molecule has 0 fully saturated rings. The maximum atomic E-state index is 12.6. The van der Waals surface area contributed by atoms with E-state index in [9.17, 15) is 13.5 Å². The third-order valence-corrected chi connectivity index (χ3v) is 4.91. The van der Waals surface area contributed by atoms with Crippen LogP contribution in [0.2, 0.25) is 0 Å². The molecule has 1 heterocycles. The molecule has 0 saturated heterocycles. The Labute approximate surface area is 114 Å². The van der Waals surface area contributed by atoms with Crippen molar-refractivity contribution in [1.29, 1.82) is 0 Å². The first-order valence-corrected chi connectivity index (χ1v) is 7.46. The van der Waals surface area contributed by atoms with Crippen LogP contribution in [0.5, 0.6) is 0 Å². The lowest BCUT2D eigenvalue weighted by Gasteiger charge is -2.27. The predicted molar refractivity (Wildman–Crippen MR) is 73.1 cm³/mol. The lowest BCUT2D eigenvalue weighted by atomic mass is 10.1. The van der Waals surface area contributed by atoms with E-state index in [1.165, 1.54) is 8.99 Å². The number of sulfonamides is 1. The van der Waals surface area contributed by atoms with Crippen molar-refractivity contribution >= 4 is 15.8 Å². The summed E-state index contributed by atoms with van der Waals surface area (Å²) in [6.07, 6.45) is 0. The number of anilines is 1. The molecule has 7 nitrogen and oxygen atoms in total. The maximum Gasteiger partial charge on any atom is 0.248 e. The van der Waals surface area contributed by atoms with Gasteiger partial charge in [-0.2, -0.15) is 9.40 Å². The van der Waals surface area contributed by atoms with Gasteiger partial charge < -0.3 is 10.8 Å². The van der Waals surface area contributed by atoms with Gasteiger partial charge in [0.05, 0.1) is 11.3 Å². The molecule has 0 aromatic carbocycles. The molecule has 0 spiro atoms. The number of nitrogen functional groups attached to an aromatic ring is 1. The molecular weight excluding hydrogens is 268 g/mol. The van der Waals surface area contributed by atoms with E-state index in [1.54, 1.807) is 34.7 Å². The molecule has 0 aliphatic heterocycles. The summed E-state index contributed by atoms with van der Waals surface area (Å²) in [6.45, 7) is 6.73. The Morgan fingerprint density at radius 3 is 2.32 bits per heavy atom. The van der Waals surface area contributed by atoms with Gasteiger partial charge >= 0.3 is 0 Å². The van der Waals surface area contributed by atoms with E-state index in [-0.39, 0.29) is 23.8 Å². The predicted octanol–water partition coefficient (Wildman–Crippen LogP) is 0.0922. The van der Waals surface area contributed by atoms with E-state index in [4.69, 9.17) is 5.73 Å². The lowest BCUT2D eigenvalue weighted by Crippen LogP contribution is -2.42. The summed E-state index contributed by atoms with van der Waals surface area (Å²) in [7, 11) is -2.12. The van der Waals surface area contributed by atoms with Crippen LogP contribution >= 0.6 is 0 Å². The van der Waals surface area contributed by atoms with Crippen molar-refractivity contribution in [3.8, 4) is 0 Å². The second kappa shape index (κ2) is 5.10. The van der Waals surface area contributed by atoms with Crippen LogP contribution in [0.4, 0.5) is 5.82 Å². The van der Waals surface area contributed by atoms with Crippen LogP contribution in [0.25, 0.3) is 0 Å². The molecular formula is C11H22N4O3S. The number of aromatic nitrogens is 2. The zero-order chi connectivity index (χ0) is 15.0. The molecule has 0 aliphatic rings. The van der Waals surface area contributed by atoms with E-state index >= 15 is 0 Å². The molecule has 110 valence electrons. The standard InChI is InChI=1S/C11H22N4O3S/c1-6-15(7-11(3,4)16)19(17,18)9-8(2)14(5)13-10(9)12/h16H,6-7H2,1-5H3,(H2,12,13). The van der Waals surface area contributed by atoms with E-state index in [2.05, 4.69) is 5.10 Å². The summed E-state index contributed by atoms with van der Waals surface area (Å²) in [5.74, 6) is -0.0193. The Morgan fingerprint density at radius 2 is 2.00 bits per heavy atom. The van der Waals surface area contributed by atoms with Crippen LogP contribution in [0, 0.1) is 6.92 Å².